The molecule has 3 aromatic rings. The Labute approximate surface area is 156 Å². The van der Waals surface area contributed by atoms with Crippen LogP contribution in [0.4, 0.5) is 11.4 Å². The smallest absolute Gasteiger partial charge is 0.294 e. The Hall–Kier alpha value is -2.91. The minimum Gasteiger partial charge on any atom is -0.361 e. The quantitative estimate of drug-likeness (QED) is 0.519. The van der Waals surface area contributed by atoms with Crippen molar-refractivity contribution in [1.82, 2.24) is 14.9 Å². The van der Waals surface area contributed by atoms with Crippen molar-refractivity contribution in [1.29, 1.82) is 0 Å². The van der Waals surface area contributed by atoms with E-state index in [2.05, 4.69) is 15.6 Å². The zero-order chi connectivity index (χ0) is 18.8. The van der Waals surface area contributed by atoms with Gasteiger partial charge in [0.05, 0.1) is 22.7 Å². The molecule has 1 amide bonds. The van der Waals surface area contributed by atoms with Gasteiger partial charge in [0, 0.05) is 22.8 Å². The first-order valence-corrected chi connectivity index (χ1v) is 7.99. The van der Waals surface area contributed by atoms with Gasteiger partial charge in [-0.25, -0.2) is 0 Å². The van der Waals surface area contributed by atoms with Gasteiger partial charge in [-0.1, -0.05) is 28.4 Å². The third-order valence-corrected chi connectivity index (χ3v) is 3.96. The van der Waals surface area contributed by atoms with Gasteiger partial charge >= 0.3 is 0 Å². The van der Waals surface area contributed by atoms with E-state index < -0.39 is 10.8 Å². The Morgan fingerprint density at radius 1 is 1.38 bits per heavy atom. The zero-order valence-corrected chi connectivity index (χ0v) is 14.8. The van der Waals surface area contributed by atoms with Gasteiger partial charge in [0.15, 0.2) is 5.69 Å². The van der Waals surface area contributed by atoms with E-state index in [1.165, 1.54) is 23.0 Å². The number of carbonyl (C=O) groups is 1. The molecule has 9 nitrogen and oxygen atoms in total. The molecule has 0 saturated heterocycles. The summed E-state index contributed by atoms with van der Waals surface area (Å²) in [6.07, 6.45) is 3.04. The molecule has 1 N–H and O–H groups in total. The first-order chi connectivity index (χ1) is 12.3. The van der Waals surface area contributed by atoms with Crippen LogP contribution in [0.15, 0.2) is 35.1 Å². The van der Waals surface area contributed by atoms with Gasteiger partial charge < -0.3 is 9.84 Å². The van der Waals surface area contributed by atoms with Gasteiger partial charge in [-0.15, -0.1) is 0 Å². The highest BCUT2D eigenvalue weighted by Gasteiger charge is 2.23. The van der Waals surface area contributed by atoms with Crippen molar-refractivity contribution in [3.05, 3.63) is 67.8 Å². The summed E-state index contributed by atoms with van der Waals surface area (Å²) in [4.78, 5) is 23.1. The van der Waals surface area contributed by atoms with Crippen molar-refractivity contribution >= 4 is 40.5 Å². The zero-order valence-electron chi connectivity index (χ0n) is 13.3. The van der Waals surface area contributed by atoms with Crippen LogP contribution in [-0.4, -0.2) is 25.8 Å². The molecule has 0 saturated carbocycles. The maximum atomic E-state index is 12.6. The molecule has 2 heterocycles. The van der Waals surface area contributed by atoms with E-state index in [9.17, 15) is 14.9 Å². The molecule has 11 heteroatoms. The molecule has 0 atom stereocenters. The lowest BCUT2D eigenvalue weighted by Crippen LogP contribution is -2.16. The second-order valence-electron chi connectivity index (χ2n) is 5.29. The second kappa shape index (κ2) is 7.14. The molecule has 0 unspecified atom stereocenters. The Morgan fingerprint density at radius 2 is 2.15 bits per heavy atom. The number of rotatable bonds is 5. The molecule has 0 aliphatic rings. The monoisotopic (exact) mass is 395 g/mol. The highest BCUT2D eigenvalue weighted by Crippen LogP contribution is 2.28. The number of nitrogens with zero attached hydrogens (tertiary/aromatic N) is 4. The van der Waals surface area contributed by atoms with Gasteiger partial charge in [-0.3, -0.25) is 19.6 Å². The molecule has 0 aliphatic heterocycles. The average molecular weight is 396 g/mol. The first-order valence-electron chi connectivity index (χ1n) is 7.23. The molecule has 2 aromatic heterocycles. The summed E-state index contributed by atoms with van der Waals surface area (Å²) in [5.74, 6) is -0.229. The summed E-state index contributed by atoms with van der Waals surface area (Å²) >= 11 is 11.6. The number of aromatic nitrogens is 3. The fourth-order valence-electron chi connectivity index (χ4n) is 2.29. The molecule has 1 aromatic carbocycles. The van der Waals surface area contributed by atoms with Crippen LogP contribution in [0, 0.1) is 17.0 Å². The van der Waals surface area contributed by atoms with E-state index in [-0.39, 0.29) is 28.6 Å². The summed E-state index contributed by atoms with van der Waals surface area (Å²) in [6, 6.07) is 3.93. The molecular weight excluding hydrogens is 385 g/mol. The van der Waals surface area contributed by atoms with Gasteiger partial charge in [-0.2, -0.15) is 5.10 Å². The number of carbonyl (C=O) groups excluding carboxylic acids is 1. The number of anilines is 1. The fraction of sp³-hybridized carbons (Fsp3) is 0.133. The predicted molar refractivity (Wildman–Crippen MR) is 93.6 cm³/mol. The highest BCUT2D eigenvalue weighted by atomic mass is 35.5. The fourth-order valence-corrected chi connectivity index (χ4v) is 2.61. The van der Waals surface area contributed by atoms with E-state index in [4.69, 9.17) is 27.7 Å². The summed E-state index contributed by atoms with van der Waals surface area (Å²) in [6.45, 7) is 1.85. The second-order valence-corrected chi connectivity index (χ2v) is 6.17. The first kappa shape index (κ1) is 17.9. The van der Waals surface area contributed by atoms with Crippen LogP contribution in [0.2, 0.25) is 10.0 Å². The molecule has 0 spiro atoms. The lowest BCUT2D eigenvalue weighted by atomic mass is 10.1. The molecule has 0 bridgehead atoms. The van der Waals surface area contributed by atoms with Crippen molar-refractivity contribution in [2.24, 2.45) is 0 Å². The highest BCUT2D eigenvalue weighted by molar-refractivity contribution is 6.31. The molecule has 0 fully saturated rings. The van der Waals surface area contributed by atoms with Gasteiger partial charge in [0.1, 0.15) is 11.4 Å². The van der Waals surface area contributed by atoms with E-state index in [1.54, 1.807) is 13.1 Å². The van der Waals surface area contributed by atoms with E-state index >= 15 is 0 Å². The minimum atomic E-state index is -0.652. The number of aryl methyl sites for hydroxylation is 1. The van der Waals surface area contributed by atoms with Gasteiger partial charge in [0.25, 0.3) is 11.6 Å². The number of hydrogen-bond acceptors (Lipinski definition) is 6. The van der Waals surface area contributed by atoms with Crippen molar-refractivity contribution in [3.63, 3.8) is 0 Å². The van der Waals surface area contributed by atoms with Crippen molar-refractivity contribution in [3.8, 4) is 0 Å². The normalized spacial score (nSPS) is 10.7. The lowest BCUT2D eigenvalue weighted by Gasteiger charge is -2.06. The number of nitro groups is 1. The van der Waals surface area contributed by atoms with Crippen LogP contribution in [0.5, 0.6) is 0 Å². The van der Waals surface area contributed by atoms with Crippen LogP contribution >= 0.6 is 23.2 Å². The lowest BCUT2D eigenvalue weighted by molar-refractivity contribution is -0.383. The van der Waals surface area contributed by atoms with Crippen molar-refractivity contribution in [2.75, 3.05) is 5.32 Å². The molecule has 3 rings (SSSR count). The number of benzene rings is 1. The number of nitrogens with one attached hydrogen (secondary N) is 1. The van der Waals surface area contributed by atoms with Crippen molar-refractivity contribution in [2.45, 2.75) is 13.5 Å². The summed E-state index contributed by atoms with van der Waals surface area (Å²) in [5, 5.41) is 22.0. The van der Waals surface area contributed by atoms with Crippen LogP contribution in [-0.2, 0) is 6.54 Å². The molecule has 134 valence electrons. The third-order valence-electron chi connectivity index (χ3n) is 3.53. The number of amides is 1. The molecule has 0 aliphatic carbocycles. The topological polar surface area (TPSA) is 116 Å². The van der Waals surface area contributed by atoms with Crippen LogP contribution in [0.25, 0.3) is 0 Å². The standard InChI is InChI=1S/C15H11Cl2N5O4/c1-8-11(7-21-6-10(17)5-18-21)14(20-26-8)15(23)19-12-3-2-9(16)4-13(12)22(24)25/h2-6H,7H2,1H3,(H,19,23). The van der Waals surface area contributed by atoms with E-state index in [1.807, 2.05) is 0 Å². The van der Waals surface area contributed by atoms with E-state index in [0.29, 0.717) is 16.3 Å². The summed E-state index contributed by atoms with van der Waals surface area (Å²) in [7, 11) is 0. The average Bonchev–Trinajstić information content (AvgIpc) is 3.15. The SMILES string of the molecule is Cc1onc(C(=O)Nc2ccc(Cl)cc2[N+](=O)[O-])c1Cn1cc(Cl)cn1. The summed E-state index contributed by atoms with van der Waals surface area (Å²) < 4.78 is 6.61. The Balaban J connectivity index is 1.89. The Kier molecular flexibility index (Phi) is 4.92. The Morgan fingerprint density at radius 3 is 2.81 bits per heavy atom. The number of halogens is 2. The largest absolute Gasteiger partial charge is 0.361 e. The summed E-state index contributed by atoms with van der Waals surface area (Å²) in [5.41, 5.74) is 0.155. The molecular formula is C15H11Cl2N5O4. The van der Waals surface area contributed by atoms with Gasteiger partial charge in [0.2, 0.25) is 0 Å². The Bertz CT molecular complexity index is 998. The van der Waals surface area contributed by atoms with Gasteiger partial charge in [-0.05, 0) is 19.1 Å². The molecule has 0 radical (unpaired) electrons. The van der Waals surface area contributed by atoms with Crippen LogP contribution in [0.1, 0.15) is 21.8 Å². The maximum Gasteiger partial charge on any atom is 0.294 e. The maximum absolute atomic E-state index is 12.6. The van der Waals surface area contributed by atoms with E-state index in [0.717, 1.165) is 6.07 Å². The number of hydrogen-bond donors (Lipinski definition) is 1. The predicted octanol–water partition coefficient (Wildman–Crippen LogP) is 3.70. The van der Waals surface area contributed by atoms with Crippen molar-refractivity contribution < 1.29 is 14.2 Å². The number of nitro benzene ring substituents is 1. The third kappa shape index (κ3) is 3.68. The minimum absolute atomic E-state index is 0.00151. The van der Waals surface area contributed by atoms with Crippen LogP contribution in [0.3, 0.4) is 0 Å². The van der Waals surface area contributed by atoms with Crippen LogP contribution < -0.4 is 5.32 Å². The molecule has 26 heavy (non-hydrogen) atoms.